The van der Waals surface area contributed by atoms with E-state index in [0.29, 0.717) is 17.7 Å². The zero-order chi connectivity index (χ0) is 23.9. The molecule has 0 aliphatic carbocycles. The maximum absolute atomic E-state index is 13.7. The van der Waals surface area contributed by atoms with Gasteiger partial charge in [-0.05, 0) is 51.2 Å². The van der Waals surface area contributed by atoms with Crippen LogP contribution < -0.4 is 0 Å². The molecule has 0 amide bonds. The van der Waals surface area contributed by atoms with Gasteiger partial charge in [0.15, 0.2) is 0 Å². The van der Waals surface area contributed by atoms with Crippen molar-refractivity contribution in [3.8, 4) is 0 Å². The van der Waals surface area contributed by atoms with Gasteiger partial charge >= 0.3 is 6.18 Å². The normalized spacial score (nSPS) is 15.2. The summed E-state index contributed by atoms with van der Waals surface area (Å²) in [5.74, 6) is -1.64. The largest absolute Gasteiger partial charge is 0.394 e. The lowest BCUT2D eigenvalue weighted by molar-refractivity contribution is -0.156. The average Bonchev–Trinajstić information content (AvgIpc) is 2.81. The summed E-state index contributed by atoms with van der Waals surface area (Å²) in [6.07, 6.45) is 4.02. The molecule has 0 saturated carbocycles. The summed E-state index contributed by atoms with van der Waals surface area (Å²) in [7, 11) is 0. The van der Waals surface area contributed by atoms with Crippen LogP contribution in [-0.4, -0.2) is 11.2 Å². The molecule has 1 aromatic heterocycles. The van der Waals surface area contributed by atoms with Gasteiger partial charge in [-0.1, -0.05) is 98.5 Å². The van der Waals surface area contributed by atoms with Gasteiger partial charge in [-0.3, -0.25) is 4.98 Å². The third-order valence-electron chi connectivity index (χ3n) is 5.59. The van der Waals surface area contributed by atoms with Gasteiger partial charge in [0, 0.05) is 10.7 Å². The lowest BCUT2D eigenvalue weighted by atomic mass is 9.66. The van der Waals surface area contributed by atoms with Crippen LogP contribution in [0.5, 0.6) is 0 Å². The number of hydrogen-bond donors (Lipinski definition) is 0. The van der Waals surface area contributed by atoms with Crippen LogP contribution in [0.25, 0.3) is 0 Å². The molecule has 0 spiro atoms. The summed E-state index contributed by atoms with van der Waals surface area (Å²) in [4.78, 5) is 4.69. The van der Waals surface area contributed by atoms with Gasteiger partial charge in [0.05, 0.1) is 17.0 Å². The van der Waals surface area contributed by atoms with E-state index in [1.165, 1.54) is 13.0 Å². The Kier molecular flexibility index (Phi) is 8.09. The first-order valence-corrected chi connectivity index (χ1v) is 11.4. The second-order valence-corrected chi connectivity index (χ2v) is 8.76. The maximum Gasteiger partial charge on any atom is 0.394 e. The zero-order valence-corrected chi connectivity index (χ0v) is 19.9. The molecule has 1 nitrogen and oxygen atoms in total. The summed E-state index contributed by atoms with van der Waals surface area (Å²) >= 11 is 3.43. The van der Waals surface area contributed by atoms with Crippen molar-refractivity contribution < 1.29 is 13.2 Å². The highest BCUT2D eigenvalue weighted by atomic mass is 79.9. The Morgan fingerprint density at radius 2 is 1.64 bits per heavy atom. The highest BCUT2D eigenvalue weighted by molar-refractivity contribution is 9.10. The lowest BCUT2D eigenvalue weighted by Crippen LogP contribution is -2.34. The summed E-state index contributed by atoms with van der Waals surface area (Å²) in [5, 5.41) is 0. The minimum absolute atomic E-state index is 0.435. The predicted molar refractivity (Wildman–Crippen MR) is 132 cm³/mol. The van der Waals surface area contributed by atoms with E-state index < -0.39 is 17.5 Å². The number of aromatic nitrogens is 1. The third-order valence-corrected chi connectivity index (χ3v) is 6.06. The molecule has 2 aromatic carbocycles. The monoisotopic (exact) mass is 511 g/mol. The first-order chi connectivity index (χ1) is 15.8. The fourth-order valence-electron chi connectivity index (χ4n) is 3.89. The topological polar surface area (TPSA) is 12.9 Å². The highest BCUT2D eigenvalue weighted by Crippen LogP contribution is 2.44. The standard InChI is InChI=1S/C28H25BrF3N/c1-3-4-13-24(18-21(2)28(30,31)32)27(23-14-9-6-10-15-23,19-22-11-7-5-8-12-22)26-17-16-25(29)20-33-26/h3-18,20-21H,1,19H2,2H3/b13-4-,24-18+. The lowest BCUT2D eigenvalue weighted by Gasteiger charge is -2.37. The highest BCUT2D eigenvalue weighted by Gasteiger charge is 2.41. The number of alkyl halides is 3. The molecule has 1 heterocycles. The van der Waals surface area contributed by atoms with Gasteiger partial charge in [-0.25, -0.2) is 0 Å². The molecule has 2 unspecified atom stereocenters. The fourth-order valence-corrected chi connectivity index (χ4v) is 4.12. The van der Waals surface area contributed by atoms with E-state index in [-0.39, 0.29) is 0 Å². The first-order valence-electron chi connectivity index (χ1n) is 10.6. The third kappa shape index (κ3) is 5.91. The Labute approximate surface area is 201 Å². The molecule has 3 rings (SSSR count). The molecule has 3 aromatic rings. The maximum atomic E-state index is 13.7. The summed E-state index contributed by atoms with van der Waals surface area (Å²) in [6.45, 7) is 4.90. The molecule has 0 aliphatic rings. The minimum atomic E-state index is -4.37. The van der Waals surface area contributed by atoms with Crippen LogP contribution in [0.2, 0.25) is 0 Å². The van der Waals surface area contributed by atoms with Crippen molar-refractivity contribution in [1.29, 1.82) is 0 Å². The van der Waals surface area contributed by atoms with Crippen LogP contribution in [0.4, 0.5) is 13.2 Å². The van der Waals surface area contributed by atoms with Crippen LogP contribution >= 0.6 is 15.9 Å². The molecule has 0 N–H and O–H groups in total. The van der Waals surface area contributed by atoms with Crippen LogP contribution in [0.15, 0.2) is 120 Å². The van der Waals surface area contributed by atoms with E-state index in [9.17, 15) is 13.2 Å². The number of hydrogen-bond acceptors (Lipinski definition) is 1. The van der Waals surface area contributed by atoms with Crippen LogP contribution in [-0.2, 0) is 11.8 Å². The molecule has 0 saturated heterocycles. The van der Waals surface area contributed by atoms with Gasteiger partial charge < -0.3 is 0 Å². The Morgan fingerprint density at radius 1 is 1.00 bits per heavy atom. The number of benzene rings is 2. The molecule has 0 aliphatic heterocycles. The quantitative estimate of drug-likeness (QED) is 0.277. The van der Waals surface area contributed by atoms with Gasteiger partial charge in [0.25, 0.3) is 0 Å². The molecule has 2 atom stereocenters. The van der Waals surface area contributed by atoms with E-state index in [2.05, 4.69) is 22.5 Å². The van der Waals surface area contributed by atoms with Crippen LogP contribution in [0.1, 0.15) is 23.7 Å². The molecule has 5 heteroatoms. The number of nitrogens with zero attached hydrogens (tertiary/aromatic N) is 1. The smallest absolute Gasteiger partial charge is 0.259 e. The predicted octanol–water partition coefficient (Wildman–Crippen LogP) is 8.24. The summed E-state index contributed by atoms with van der Waals surface area (Å²) in [6, 6.07) is 23.1. The second-order valence-electron chi connectivity index (χ2n) is 7.84. The summed E-state index contributed by atoms with van der Waals surface area (Å²) in [5.41, 5.74) is 2.07. The Bertz CT molecular complexity index is 1100. The molecular weight excluding hydrogens is 487 g/mol. The van der Waals surface area contributed by atoms with Gasteiger partial charge in [0.2, 0.25) is 0 Å². The van der Waals surface area contributed by atoms with Crippen molar-refractivity contribution >= 4 is 15.9 Å². The minimum Gasteiger partial charge on any atom is -0.259 e. The Hall–Kier alpha value is -2.92. The number of halogens is 4. The molecule has 33 heavy (non-hydrogen) atoms. The molecule has 0 bridgehead atoms. The van der Waals surface area contributed by atoms with E-state index >= 15 is 0 Å². The van der Waals surface area contributed by atoms with Gasteiger partial charge in [-0.2, -0.15) is 13.2 Å². The number of pyridine rings is 1. The van der Waals surface area contributed by atoms with Crippen molar-refractivity contribution in [3.05, 3.63) is 137 Å². The SMILES string of the molecule is C=C/C=C\C(=C/C(C)C(F)(F)F)C(Cc1ccccc1)(c1ccccc1)c1ccc(Br)cn1. The fraction of sp³-hybridized carbons (Fsp3) is 0.179. The Balaban J connectivity index is 2.39. The van der Waals surface area contributed by atoms with Crippen molar-refractivity contribution in [3.63, 3.8) is 0 Å². The van der Waals surface area contributed by atoms with Crippen LogP contribution in [0.3, 0.4) is 0 Å². The number of allylic oxidation sites excluding steroid dienone is 5. The zero-order valence-electron chi connectivity index (χ0n) is 18.3. The average molecular weight is 512 g/mol. The van der Waals surface area contributed by atoms with Crippen molar-refractivity contribution in [2.45, 2.75) is 24.9 Å². The van der Waals surface area contributed by atoms with Crippen molar-refractivity contribution in [1.82, 2.24) is 4.98 Å². The van der Waals surface area contributed by atoms with Gasteiger partial charge in [0.1, 0.15) is 0 Å². The van der Waals surface area contributed by atoms with Crippen LogP contribution in [0, 0.1) is 5.92 Å². The molecule has 0 fully saturated rings. The second kappa shape index (κ2) is 10.8. The van der Waals surface area contributed by atoms with Gasteiger partial charge in [-0.15, -0.1) is 0 Å². The molecule has 170 valence electrons. The Morgan fingerprint density at radius 3 is 2.18 bits per heavy atom. The van der Waals surface area contributed by atoms with Crippen molar-refractivity contribution in [2.24, 2.45) is 5.92 Å². The van der Waals surface area contributed by atoms with E-state index in [0.717, 1.165) is 15.6 Å². The van der Waals surface area contributed by atoms with Crippen molar-refractivity contribution in [2.75, 3.05) is 0 Å². The first kappa shape index (κ1) is 24.7. The summed E-state index contributed by atoms with van der Waals surface area (Å²) < 4.78 is 41.9. The van der Waals surface area contributed by atoms with E-state index in [1.807, 2.05) is 72.8 Å². The molecule has 0 radical (unpaired) electrons. The van der Waals surface area contributed by atoms with E-state index in [1.54, 1.807) is 24.4 Å². The number of rotatable bonds is 8. The molecular formula is C28H25BrF3N. The van der Waals surface area contributed by atoms with E-state index in [4.69, 9.17) is 4.98 Å².